The number of carbonyl (C=O) groups excluding carboxylic acids is 2. The minimum Gasteiger partial charge on any atom is -0.480 e. The van der Waals surface area contributed by atoms with E-state index in [1.165, 1.54) is 0 Å². The number of amides is 2. The average molecular weight is 548 g/mol. The van der Waals surface area contributed by atoms with E-state index in [-0.39, 0.29) is 12.8 Å². The number of aromatic amines is 1. The van der Waals surface area contributed by atoms with Crippen molar-refractivity contribution in [1.82, 2.24) is 15.6 Å². The Kier molecular flexibility index (Phi) is 9.15. The highest BCUT2D eigenvalue weighted by Crippen LogP contribution is 2.20. The Morgan fingerprint density at radius 3 is 2.11 bits per heavy atom. The summed E-state index contributed by atoms with van der Waals surface area (Å²) in [4.78, 5) is 42.0. The van der Waals surface area contributed by atoms with Crippen LogP contribution in [0, 0.1) is 0 Å². The van der Waals surface area contributed by atoms with Crippen LogP contribution in [-0.2, 0) is 33.9 Å². The smallest absolute Gasteiger partial charge is 0.326 e. The van der Waals surface area contributed by atoms with Gasteiger partial charge in [-0.05, 0) is 40.5 Å². The number of para-hydroxylation sites is 1. The molecule has 9 heteroatoms. The fraction of sp³-hybridized carbons (Fsp3) is 0.207. The summed E-state index contributed by atoms with van der Waals surface area (Å²) >= 11 is 8.65. The van der Waals surface area contributed by atoms with Crippen molar-refractivity contribution < 1.29 is 19.5 Å². The summed E-state index contributed by atoms with van der Waals surface area (Å²) in [5.41, 5.74) is 4.61. The van der Waals surface area contributed by atoms with Crippen LogP contribution in [-0.4, -0.2) is 40.0 Å². The first-order chi connectivity index (χ1) is 18.4. The molecule has 4 aromatic rings. The summed E-state index contributed by atoms with van der Waals surface area (Å²) in [6, 6.07) is 19.9. The predicted octanol–water partition coefficient (Wildman–Crippen LogP) is 4.18. The molecule has 2 amide bonds. The molecule has 0 radical (unpaired) electrons. The fourth-order valence-corrected chi connectivity index (χ4v) is 4.73. The lowest BCUT2D eigenvalue weighted by Crippen LogP contribution is -2.53. The summed E-state index contributed by atoms with van der Waals surface area (Å²) < 4.78 is 0. The summed E-state index contributed by atoms with van der Waals surface area (Å²) in [6.07, 6.45) is 2.09. The standard InChI is InChI=1S/C29H29N3O4S2/c33-27(21-11-19(16-37)10-20(12-21)17-38)31-25(14-22-15-30-24-9-5-4-8-23(22)24)28(34)32-26(29(35)36)13-18-6-2-1-3-7-18/h1-12,15,25-26,30,37-38H,13-14,16-17H2,(H,31,33)(H,32,34)(H,35,36)/t25-,26-/m0/s1. The zero-order valence-electron chi connectivity index (χ0n) is 20.6. The third-order valence-corrected chi connectivity index (χ3v) is 7.03. The lowest BCUT2D eigenvalue weighted by atomic mass is 10.0. The number of aromatic nitrogens is 1. The Balaban J connectivity index is 1.61. The minimum atomic E-state index is -1.16. The summed E-state index contributed by atoms with van der Waals surface area (Å²) in [7, 11) is 0. The van der Waals surface area contributed by atoms with Crippen LogP contribution in [0.3, 0.4) is 0 Å². The van der Waals surface area contributed by atoms with Crippen molar-refractivity contribution in [3.05, 3.63) is 107 Å². The molecule has 196 valence electrons. The predicted molar refractivity (Wildman–Crippen MR) is 155 cm³/mol. The van der Waals surface area contributed by atoms with Crippen molar-refractivity contribution in [2.45, 2.75) is 36.4 Å². The zero-order valence-corrected chi connectivity index (χ0v) is 22.3. The first-order valence-corrected chi connectivity index (χ1v) is 13.4. The molecule has 0 aliphatic carbocycles. The van der Waals surface area contributed by atoms with Crippen molar-refractivity contribution >= 4 is 53.9 Å². The number of carboxylic acid groups (broad SMARTS) is 1. The first kappa shape index (κ1) is 27.3. The number of carbonyl (C=O) groups is 3. The SMILES string of the molecule is O=C(N[C@@H](Cc1c[nH]c2ccccc12)C(=O)N[C@@H](Cc1ccccc1)C(=O)O)c1cc(CS)cc(CS)c1. The van der Waals surface area contributed by atoms with Crippen molar-refractivity contribution in [1.29, 1.82) is 0 Å². The largest absolute Gasteiger partial charge is 0.480 e. The maximum Gasteiger partial charge on any atom is 0.326 e. The van der Waals surface area contributed by atoms with Gasteiger partial charge in [0.05, 0.1) is 0 Å². The number of benzene rings is 3. The Morgan fingerprint density at radius 1 is 0.789 bits per heavy atom. The minimum absolute atomic E-state index is 0.116. The highest BCUT2D eigenvalue weighted by Gasteiger charge is 2.28. The Morgan fingerprint density at radius 2 is 1.45 bits per heavy atom. The van der Waals surface area contributed by atoms with E-state index in [2.05, 4.69) is 40.9 Å². The van der Waals surface area contributed by atoms with Gasteiger partial charge in [-0.25, -0.2) is 4.79 Å². The maximum atomic E-state index is 13.5. The number of H-pyrrole nitrogens is 1. The van der Waals surface area contributed by atoms with Gasteiger partial charge < -0.3 is 20.7 Å². The molecule has 0 unspecified atom stereocenters. The normalized spacial score (nSPS) is 12.6. The Hall–Kier alpha value is -3.69. The van der Waals surface area contributed by atoms with Gasteiger partial charge in [-0.15, -0.1) is 0 Å². The summed E-state index contributed by atoms with van der Waals surface area (Å²) in [6.45, 7) is 0. The Bertz CT molecular complexity index is 1420. The van der Waals surface area contributed by atoms with Crippen LogP contribution in [0.1, 0.15) is 32.6 Å². The molecule has 3 aromatic carbocycles. The van der Waals surface area contributed by atoms with E-state index >= 15 is 0 Å². The van der Waals surface area contributed by atoms with Gasteiger partial charge in [-0.2, -0.15) is 25.3 Å². The molecule has 2 atom stereocenters. The van der Waals surface area contributed by atoms with Gasteiger partial charge in [0.2, 0.25) is 5.91 Å². The van der Waals surface area contributed by atoms with Gasteiger partial charge >= 0.3 is 5.97 Å². The van der Waals surface area contributed by atoms with Crippen LogP contribution in [0.2, 0.25) is 0 Å². The van der Waals surface area contributed by atoms with Crippen LogP contribution in [0.25, 0.3) is 10.9 Å². The molecule has 1 aromatic heterocycles. The topological polar surface area (TPSA) is 111 Å². The molecule has 0 saturated carbocycles. The van der Waals surface area contributed by atoms with Crippen LogP contribution in [0.15, 0.2) is 79.0 Å². The molecule has 38 heavy (non-hydrogen) atoms. The van der Waals surface area contributed by atoms with Crippen LogP contribution in [0.4, 0.5) is 0 Å². The van der Waals surface area contributed by atoms with Gasteiger partial charge in [0.1, 0.15) is 12.1 Å². The van der Waals surface area contributed by atoms with Crippen LogP contribution in [0.5, 0.6) is 0 Å². The quantitative estimate of drug-likeness (QED) is 0.158. The molecular weight excluding hydrogens is 518 g/mol. The molecule has 4 rings (SSSR count). The second-order valence-corrected chi connectivity index (χ2v) is 9.67. The summed E-state index contributed by atoms with van der Waals surface area (Å²) in [5, 5.41) is 16.2. The van der Waals surface area contributed by atoms with E-state index in [0.29, 0.717) is 17.1 Å². The number of nitrogens with one attached hydrogen (secondary N) is 3. The second kappa shape index (κ2) is 12.7. The van der Waals surface area contributed by atoms with Gasteiger partial charge in [0, 0.05) is 47.0 Å². The van der Waals surface area contributed by atoms with Crippen molar-refractivity contribution in [3.8, 4) is 0 Å². The Labute approximate surface area is 231 Å². The van der Waals surface area contributed by atoms with E-state index in [9.17, 15) is 19.5 Å². The van der Waals surface area contributed by atoms with Gasteiger partial charge in [-0.3, -0.25) is 9.59 Å². The van der Waals surface area contributed by atoms with E-state index in [0.717, 1.165) is 33.2 Å². The fourth-order valence-electron chi connectivity index (χ4n) is 4.37. The van der Waals surface area contributed by atoms with E-state index in [4.69, 9.17) is 0 Å². The third-order valence-electron chi connectivity index (χ3n) is 6.30. The molecule has 0 aliphatic rings. The number of carboxylic acids is 1. The molecule has 4 N–H and O–H groups in total. The third kappa shape index (κ3) is 6.79. The molecule has 0 bridgehead atoms. The van der Waals surface area contributed by atoms with Crippen molar-refractivity contribution in [3.63, 3.8) is 0 Å². The molecule has 0 saturated heterocycles. The lowest BCUT2D eigenvalue weighted by Gasteiger charge is -2.22. The number of rotatable bonds is 11. The number of hydrogen-bond donors (Lipinski definition) is 6. The van der Waals surface area contributed by atoms with E-state index in [1.54, 1.807) is 30.5 Å². The van der Waals surface area contributed by atoms with Gasteiger partial charge in [0.15, 0.2) is 0 Å². The first-order valence-electron chi connectivity index (χ1n) is 12.2. The molecule has 7 nitrogen and oxygen atoms in total. The molecule has 0 aliphatic heterocycles. The highest BCUT2D eigenvalue weighted by atomic mass is 32.1. The molecule has 0 spiro atoms. The zero-order chi connectivity index (χ0) is 27.1. The molecule has 0 fully saturated rings. The van der Waals surface area contributed by atoms with E-state index in [1.807, 2.05) is 48.5 Å². The average Bonchev–Trinajstić information content (AvgIpc) is 3.35. The second-order valence-electron chi connectivity index (χ2n) is 9.03. The van der Waals surface area contributed by atoms with Crippen molar-refractivity contribution in [2.24, 2.45) is 0 Å². The molecular formula is C29H29N3O4S2. The highest BCUT2D eigenvalue weighted by molar-refractivity contribution is 7.79. The maximum absolute atomic E-state index is 13.5. The van der Waals surface area contributed by atoms with Crippen LogP contribution < -0.4 is 10.6 Å². The van der Waals surface area contributed by atoms with E-state index < -0.39 is 29.9 Å². The summed E-state index contributed by atoms with van der Waals surface area (Å²) in [5.74, 6) is -1.28. The van der Waals surface area contributed by atoms with Gasteiger partial charge in [0.25, 0.3) is 5.91 Å². The van der Waals surface area contributed by atoms with Crippen LogP contribution >= 0.6 is 25.3 Å². The van der Waals surface area contributed by atoms with Crippen molar-refractivity contribution in [2.75, 3.05) is 0 Å². The number of thiol groups is 2. The number of hydrogen-bond acceptors (Lipinski definition) is 5. The lowest BCUT2D eigenvalue weighted by molar-refractivity contribution is -0.142. The monoisotopic (exact) mass is 547 g/mol. The number of aliphatic carboxylic acids is 1. The van der Waals surface area contributed by atoms with Gasteiger partial charge in [-0.1, -0.05) is 54.6 Å². The molecule has 1 heterocycles. The number of fused-ring (bicyclic) bond motifs is 1.